The van der Waals surface area contributed by atoms with Crippen LogP contribution in [-0.2, 0) is 0 Å². The van der Waals surface area contributed by atoms with E-state index in [-0.39, 0.29) is 0 Å². The molecule has 1 aliphatic rings. The van der Waals surface area contributed by atoms with Gasteiger partial charge in [-0.2, -0.15) is 0 Å². The first-order chi connectivity index (χ1) is 11.5. The Bertz CT molecular complexity index is 854. The van der Waals surface area contributed by atoms with Crippen molar-refractivity contribution in [1.29, 1.82) is 5.41 Å². The smallest absolute Gasteiger partial charge is 0.0367 e. The molecule has 0 spiro atoms. The van der Waals surface area contributed by atoms with Crippen molar-refractivity contribution < 1.29 is 0 Å². The first kappa shape index (κ1) is 16.3. The number of hydrogen-bond acceptors (Lipinski definition) is 2. The minimum absolute atomic E-state index is 0.954. The van der Waals surface area contributed by atoms with Gasteiger partial charge in [-0.25, -0.2) is 0 Å². The largest absolute Gasteiger partial charge is 0.378 e. The summed E-state index contributed by atoms with van der Waals surface area (Å²) in [4.78, 5) is 2.12. The van der Waals surface area contributed by atoms with Gasteiger partial charge in [0.25, 0.3) is 0 Å². The predicted molar refractivity (Wildman–Crippen MR) is 105 cm³/mol. The molecule has 1 N–H and O–H groups in total. The van der Waals surface area contributed by atoms with Crippen molar-refractivity contribution in [3.05, 3.63) is 70.8 Å². The Morgan fingerprint density at radius 2 is 1.71 bits per heavy atom. The molecule has 122 valence electrons. The fourth-order valence-corrected chi connectivity index (χ4v) is 3.40. The summed E-state index contributed by atoms with van der Waals surface area (Å²) in [7, 11) is 4.13. The number of benzene rings is 2. The third-order valence-electron chi connectivity index (χ3n) is 4.65. The van der Waals surface area contributed by atoms with Crippen molar-refractivity contribution in [1.82, 2.24) is 0 Å². The zero-order valence-electron chi connectivity index (χ0n) is 14.9. The van der Waals surface area contributed by atoms with Crippen molar-refractivity contribution in [2.75, 3.05) is 19.0 Å². The second kappa shape index (κ2) is 6.48. The Hall–Kier alpha value is -2.61. The molecule has 0 aliphatic heterocycles. The normalized spacial score (nSPS) is 13.9. The lowest BCUT2D eigenvalue weighted by atomic mass is 9.89. The van der Waals surface area contributed by atoms with Gasteiger partial charge in [0.1, 0.15) is 0 Å². The summed E-state index contributed by atoms with van der Waals surface area (Å²) in [5.74, 6) is 0. The quantitative estimate of drug-likeness (QED) is 0.737. The highest BCUT2D eigenvalue weighted by atomic mass is 15.1. The van der Waals surface area contributed by atoms with Crippen LogP contribution in [0.15, 0.2) is 59.7 Å². The number of nitrogens with zero attached hydrogens (tertiary/aromatic N) is 1. The summed E-state index contributed by atoms with van der Waals surface area (Å²) in [6.45, 7) is 4.38. The van der Waals surface area contributed by atoms with E-state index in [2.05, 4.69) is 63.2 Å². The molecular formula is C22H24N2. The topological polar surface area (TPSA) is 27.1 Å². The van der Waals surface area contributed by atoms with E-state index < -0.39 is 0 Å². The first-order valence-corrected chi connectivity index (χ1v) is 8.30. The fourth-order valence-electron chi connectivity index (χ4n) is 3.40. The van der Waals surface area contributed by atoms with Crippen molar-refractivity contribution in [3.63, 3.8) is 0 Å². The summed E-state index contributed by atoms with van der Waals surface area (Å²) in [6.07, 6.45) is 4.73. The number of nitrogens with one attached hydrogen (secondary N) is 1. The van der Waals surface area contributed by atoms with Crippen LogP contribution in [0.1, 0.15) is 31.4 Å². The SMILES string of the molecule is CC1=CC(C)=C(c2ccc(N(C)C)cc2-c2ccccc2C=N)C1. The van der Waals surface area contributed by atoms with Crippen LogP contribution >= 0.6 is 0 Å². The molecule has 0 heterocycles. The van der Waals surface area contributed by atoms with E-state index in [1.54, 1.807) is 0 Å². The minimum Gasteiger partial charge on any atom is -0.378 e. The molecule has 24 heavy (non-hydrogen) atoms. The molecule has 0 amide bonds. The zero-order chi connectivity index (χ0) is 17.3. The van der Waals surface area contributed by atoms with Gasteiger partial charge in [-0.05, 0) is 65.8 Å². The van der Waals surface area contributed by atoms with Crippen molar-refractivity contribution in [2.24, 2.45) is 0 Å². The number of allylic oxidation sites excluding steroid dienone is 4. The molecule has 0 saturated heterocycles. The number of hydrogen-bond donors (Lipinski definition) is 1. The lowest BCUT2D eigenvalue weighted by Gasteiger charge is -2.19. The van der Waals surface area contributed by atoms with Gasteiger partial charge in [0.2, 0.25) is 0 Å². The molecule has 2 nitrogen and oxygen atoms in total. The summed E-state index contributed by atoms with van der Waals surface area (Å²) in [5.41, 5.74) is 9.89. The van der Waals surface area contributed by atoms with Crippen LogP contribution in [0.25, 0.3) is 16.7 Å². The van der Waals surface area contributed by atoms with E-state index in [4.69, 9.17) is 5.41 Å². The lowest BCUT2D eigenvalue weighted by molar-refractivity contribution is 1.13. The fraction of sp³-hybridized carbons (Fsp3) is 0.227. The van der Waals surface area contributed by atoms with Gasteiger partial charge in [-0.15, -0.1) is 0 Å². The second-order valence-electron chi connectivity index (χ2n) is 6.68. The second-order valence-corrected chi connectivity index (χ2v) is 6.68. The van der Waals surface area contributed by atoms with Crippen molar-refractivity contribution in [3.8, 4) is 11.1 Å². The lowest BCUT2D eigenvalue weighted by Crippen LogP contribution is -2.09. The van der Waals surface area contributed by atoms with Gasteiger partial charge in [0.05, 0.1) is 0 Å². The summed E-state index contributed by atoms with van der Waals surface area (Å²) in [5, 5.41) is 7.77. The molecule has 2 aromatic carbocycles. The highest BCUT2D eigenvalue weighted by Gasteiger charge is 2.18. The average Bonchev–Trinajstić information content (AvgIpc) is 2.92. The molecule has 0 aromatic heterocycles. The van der Waals surface area contributed by atoms with Gasteiger partial charge in [0, 0.05) is 26.0 Å². The van der Waals surface area contributed by atoms with E-state index in [9.17, 15) is 0 Å². The maximum Gasteiger partial charge on any atom is 0.0367 e. The van der Waals surface area contributed by atoms with Crippen LogP contribution in [0.5, 0.6) is 0 Å². The van der Waals surface area contributed by atoms with E-state index in [0.29, 0.717) is 0 Å². The van der Waals surface area contributed by atoms with Gasteiger partial charge < -0.3 is 10.3 Å². The maximum atomic E-state index is 7.77. The van der Waals surface area contributed by atoms with Crippen LogP contribution in [0.2, 0.25) is 0 Å². The maximum absolute atomic E-state index is 7.77. The average molecular weight is 316 g/mol. The highest BCUT2D eigenvalue weighted by molar-refractivity contribution is 5.94. The zero-order valence-corrected chi connectivity index (χ0v) is 14.9. The van der Waals surface area contributed by atoms with E-state index in [1.165, 1.54) is 39.7 Å². The summed E-state index contributed by atoms with van der Waals surface area (Å²) < 4.78 is 0. The molecule has 0 saturated carbocycles. The molecule has 0 atom stereocenters. The Kier molecular flexibility index (Phi) is 4.39. The van der Waals surface area contributed by atoms with Crippen LogP contribution < -0.4 is 4.90 Å². The van der Waals surface area contributed by atoms with E-state index in [1.807, 2.05) is 18.2 Å². The monoisotopic (exact) mass is 316 g/mol. The Labute approximate surface area is 144 Å². The van der Waals surface area contributed by atoms with Crippen molar-refractivity contribution >= 4 is 17.5 Å². The molecule has 3 rings (SSSR count). The van der Waals surface area contributed by atoms with Crippen LogP contribution in [-0.4, -0.2) is 20.3 Å². The van der Waals surface area contributed by atoms with Gasteiger partial charge in [0.15, 0.2) is 0 Å². The van der Waals surface area contributed by atoms with Gasteiger partial charge in [-0.3, -0.25) is 0 Å². The molecule has 0 fully saturated rings. The molecular weight excluding hydrogens is 292 g/mol. The van der Waals surface area contributed by atoms with Crippen LogP contribution in [0, 0.1) is 5.41 Å². The summed E-state index contributed by atoms with van der Waals surface area (Å²) in [6, 6.07) is 14.8. The molecule has 0 bridgehead atoms. The molecule has 0 unspecified atom stereocenters. The van der Waals surface area contributed by atoms with Gasteiger partial charge in [-0.1, -0.05) is 42.0 Å². The molecule has 2 heteroatoms. The number of anilines is 1. The minimum atomic E-state index is 0.954. The summed E-state index contributed by atoms with van der Waals surface area (Å²) >= 11 is 0. The molecule has 2 aromatic rings. The van der Waals surface area contributed by atoms with Crippen LogP contribution in [0.3, 0.4) is 0 Å². The molecule has 1 aliphatic carbocycles. The highest BCUT2D eigenvalue weighted by Crippen LogP contribution is 2.40. The van der Waals surface area contributed by atoms with Crippen LogP contribution in [0.4, 0.5) is 5.69 Å². The third kappa shape index (κ3) is 2.92. The molecule has 0 radical (unpaired) electrons. The number of rotatable bonds is 4. The Morgan fingerprint density at radius 1 is 0.958 bits per heavy atom. The predicted octanol–water partition coefficient (Wildman–Crippen LogP) is 5.54. The standard InChI is InChI=1S/C22H24N2/c1-15-11-16(2)21(12-15)20-10-9-18(24(3)4)13-22(20)19-8-6-5-7-17(19)14-23/h5-11,13-14,23H,12H2,1-4H3. The first-order valence-electron chi connectivity index (χ1n) is 8.30. The Morgan fingerprint density at radius 3 is 2.33 bits per heavy atom. The van der Waals surface area contributed by atoms with E-state index >= 15 is 0 Å². The Balaban J connectivity index is 2.24. The van der Waals surface area contributed by atoms with Gasteiger partial charge >= 0.3 is 0 Å². The third-order valence-corrected chi connectivity index (χ3v) is 4.65. The van der Waals surface area contributed by atoms with E-state index in [0.717, 1.165) is 17.5 Å². The van der Waals surface area contributed by atoms with Crippen molar-refractivity contribution in [2.45, 2.75) is 20.3 Å².